The van der Waals surface area contributed by atoms with Gasteiger partial charge in [0.15, 0.2) is 0 Å². The van der Waals surface area contributed by atoms with Crippen molar-refractivity contribution in [3.63, 3.8) is 0 Å². The second kappa shape index (κ2) is 4.61. The van der Waals surface area contributed by atoms with Crippen LogP contribution in [0.3, 0.4) is 0 Å². The van der Waals surface area contributed by atoms with Crippen molar-refractivity contribution in [2.24, 2.45) is 17.1 Å². The van der Waals surface area contributed by atoms with Crippen LogP contribution in [0.1, 0.15) is 32.3 Å². The summed E-state index contributed by atoms with van der Waals surface area (Å²) in [5, 5.41) is 3.40. The largest absolute Gasteiger partial charge is 0.389 e. The van der Waals surface area contributed by atoms with Crippen LogP contribution in [-0.4, -0.2) is 16.5 Å². The average Bonchev–Trinajstić information content (AvgIpc) is 3.07. The zero-order chi connectivity index (χ0) is 12.5. The van der Waals surface area contributed by atoms with Gasteiger partial charge in [-0.05, 0) is 36.3 Å². The molecule has 0 aliphatic heterocycles. The Morgan fingerprint density at radius 1 is 1.59 bits per heavy atom. The molecule has 1 aliphatic rings. The van der Waals surface area contributed by atoms with Gasteiger partial charge in [-0.3, -0.25) is 0 Å². The maximum Gasteiger partial charge on any atom is 0.136 e. The van der Waals surface area contributed by atoms with Crippen molar-refractivity contribution in [2.75, 3.05) is 11.9 Å². The Morgan fingerprint density at radius 2 is 2.29 bits per heavy atom. The molecule has 3 nitrogen and oxygen atoms in total. The summed E-state index contributed by atoms with van der Waals surface area (Å²) in [4.78, 5) is 4.71. The molecule has 0 radical (unpaired) electrons. The molecule has 0 bridgehead atoms. The van der Waals surface area contributed by atoms with Gasteiger partial charge in [0.25, 0.3) is 0 Å². The van der Waals surface area contributed by atoms with Gasteiger partial charge in [0.2, 0.25) is 0 Å². The van der Waals surface area contributed by atoms with Crippen LogP contribution in [-0.2, 0) is 0 Å². The van der Waals surface area contributed by atoms with E-state index >= 15 is 0 Å². The van der Waals surface area contributed by atoms with Crippen molar-refractivity contribution in [1.29, 1.82) is 0 Å². The molecule has 17 heavy (non-hydrogen) atoms. The molecule has 4 heteroatoms. The summed E-state index contributed by atoms with van der Waals surface area (Å²) >= 11 is 5.02. The summed E-state index contributed by atoms with van der Waals surface area (Å²) < 4.78 is 0. The molecule has 1 saturated carbocycles. The summed E-state index contributed by atoms with van der Waals surface area (Å²) in [7, 11) is 0. The smallest absolute Gasteiger partial charge is 0.136 e. The van der Waals surface area contributed by atoms with Crippen LogP contribution >= 0.6 is 12.2 Å². The van der Waals surface area contributed by atoms with Gasteiger partial charge in [0.05, 0.1) is 5.56 Å². The monoisotopic (exact) mass is 249 g/mol. The van der Waals surface area contributed by atoms with Crippen LogP contribution in [0.4, 0.5) is 5.82 Å². The molecule has 1 aromatic rings. The summed E-state index contributed by atoms with van der Waals surface area (Å²) in [5.74, 6) is 1.51. The van der Waals surface area contributed by atoms with E-state index in [0.29, 0.717) is 16.3 Å². The number of hydrogen-bond acceptors (Lipinski definition) is 3. The van der Waals surface area contributed by atoms with Crippen LogP contribution in [0.25, 0.3) is 0 Å². The molecular formula is C13H19N3S. The molecule has 1 fully saturated rings. The van der Waals surface area contributed by atoms with E-state index in [4.69, 9.17) is 18.0 Å². The Hall–Kier alpha value is -1.16. The highest BCUT2D eigenvalue weighted by molar-refractivity contribution is 7.80. The summed E-state index contributed by atoms with van der Waals surface area (Å²) in [5.41, 5.74) is 6.97. The molecule has 0 spiro atoms. The van der Waals surface area contributed by atoms with E-state index < -0.39 is 0 Å². The molecule has 1 heterocycles. The first-order valence-electron chi connectivity index (χ1n) is 6.04. The molecule has 0 aromatic carbocycles. The summed E-state index contributed by atoms with van der Waals surface area (Å²) in [6, 6.07) is 3.77. The minimum Gasteiger partial charge on any atom is -0.389 e. The number of nitrogens with zero attached hydrogens (tertiary/aromatic N) is 1. The fraction of sp³-hybridized carbons (Fsp3) is 0.538. The molecule has 1 aromatic heterocycles. The minimum atomic E-state index is 0.398. The van der Waals surface area contributed by atoms with E-state index in [1.54, 1.807) is 6.20 Å². The predicted octanol–water partition coefficient (Wildman–Crippen LogP) is 2.56. The van der Waals surface area contributed by atoms with E-state index in [9.17, 15) is 0 Å². The summed E-state index contributed by atoms with van der Waals surface area (Å²) in [6.07, 6.45) is 4.36. The number of pyridine rings is 1. The van der Waals surface area contributed by atoms with E-state index in [1.807, 2.05) is 12.1 Å². The van der Waals surface area contributed by atoms with Gasteiger partial charge in [0.1, 0.15) is 10.8 Å². The Labute approximate surface area is 108 Å². The van der Waals surface area contributed by atoms with Crippen LogP contribution in [0.5, 0.6) is 0 Å². The fourth-order valence-corrected chi connectivity index (χ4v) is 2.29. The van der Waals surface area contributed by atoms with Gasteiger partial charge < -0.3 is 11.1 Å². The van der Waals surface area contributed by atoms with E-state index in [2.05, 4.69) is 24.1 Å². The van der Waals surface area contributed by atoms with Crippen LogP contribution in [0.2, 0.25) is 0 Å². The minimum absolute atomic E-state index is 0.398. The number of aromatic nitrogens is 1. The molecular weight excluding hydrogens is 230 g/mol. The first-order chi connectivity index (χ1) is 8.05. The molecule has 0 unspecified atom stereocenters. The van der Waals surface area contributed by atoms with Gasteiger partial charge >= 0.3 is 0 Å². The van der Waals surface area contributed by atoms with Crippen LogP contribution in [0, 0.1) is 11.3 Å². The van der Waals surface area contributed by atoms with Gasteiger partial charge in [0, 0.05) is 12.7 Å². The fourth-order valence-electron chi connectivity index (χ4n) is 2.12. The highest BCUT2D eigenvalue weighted by atomic mass is 32.1. The Bertz CT molecular complexity index is 424. The number of nitrogens with one attached hydrogen (secondary N) is 1. The maximum atomic E-state index is 5.68. The third kappa shape index (κ3) is 2.57. The zero-order valence-corrected chi connectivity index (χ0v) is 11.2. The lowest BCUT2D eigenvalue weighted by Gasteiger charge is -2.21. The van der Waals surface area contributed by atoms with Crippen LogP contribution < -0.4 is 11.1 Å². The molecule has 0 amide bonds. The second-order valence-electron chi connectivity index (χ2n) is 5.13. The first kappa shape index (κ1) is 12.3. The highest BCUT2D eigenvalue weighted by Gasteiger charge is 2.45. The van der Waals surface area contributed by atoms with Crippen molar-refractivity contribution < 1.29 is 0 Å². The number of anilines is 1. The normalized spacial score (nSPS) is 16.9. The van der Waals surface area contributed by atoms with E-state index in [-0.39, 0.29) is 0 Å². The van der Waals surface area contributed by atoms with Crippen molar-refractivity contribution in [1.82, 2.24) is 4.98 Å². The highest BCUT2D eigenvalue weighted by Crippen LogP contribution is 2.51. The lowest BCUT2D eigenvalue weighted by Crippen LogP contribution is -2.23. The average molecular weight is 249 g/mol. The van der Waals surface area contributed by atoms with E-state index in [0.717, 1.165) is 17.9 Å². The zero-order valence-electron chi connectivity index (χ0n) is 10.4. The Balaban J connectivity index is 2.07. The maximum absolute atomic E-state index is 5.68. The molecule has 92 valence electrons. The number of thiocarbonyl (C=S) groups is 1. The SMILES string of the molecule is CC(C)C1(CNc2ncccc2C(N)=S)CC1. The first-order valence-corrected chi connectivity index (χ1v) is 6.45. The van der Waals surface area contributed by atoms with E-state index in [1.165, 1.54) is 12.8 Å². The third-order valence-electron chi connectivity index (χ3n) is 3.80. The Kier molecular flexibility index (Phi) is 3.33. The Morgan fingerprint density at radius 3 is 2.82 bits per heavy atom. The number of rotatable bonds is 5. The topological polar surface area (TPSA) is 50.9 Å². The van der Waals surface area contributed by atoms with Crippen LogP contribution in [0.15, 0.2) is 18.3 Å². The number of hydrogen-bond donors (Lipinski definition) is 2. The summed E-state index contributed by atoms with van der Waals surface area (Å²) in [6.45, 7) is 5.51. The van der Waals surface area contributed by atoms with Gasteiger partial charge in [-0.2, -0.15) is 0 Å². The molecule has 0 saturated heterocycles. The lowest BCUT2D eigenvalue weighted by atomic mass is 9.92. The molecule has 3 N–H and O–H groups in total. The number of nitrogens with two attached hydrogens (primary N) is 1. The molecule has 1 aliphatic carbocycles. The van der Waals surface area contributed by atoms with Crippen molar-refractivity contribution in [3.05, 3.63) is 23.9 Å². The third-order valence-corrected chi connectivity index (χ3v) is 4.02. The van der Waals surface area contributed by atoms with Crippen molar-refractivity contribution >= 4 is 23.0 Å². The van der Waals surface area contributed by atoms with Crippen molar-refractivity contribution in [2.45, 2.75) is 26.7 Å². The second-order valence-corrected chi connectivity index (χ2v) is 5.57. The quantitative estimate of drug-likeness (QED) is 0.787. The van der Waals surface area contributed by atoms with Gasteiger partial charge in [-0.25, -0.2) is 4.98 Å². The lowest BCUT2D eigenvalue weighted by molar-refractivity contribution is 0.380. The van der Waals surface area contributed by atoms with Gasteiger partial charge in [-0.1, -0.05) is 26.1 Å². The standard InChI is InChI=1S/C13H19N3S/c1-9(2)13(5-6-13)8-16-12-10(11(14)17)4-3-7-15-12/h3-4,7,9H,5-6,8H2,1-2H3,(H2,14,17)(H,15,16). The van der Waals surface area contributed by atoms with Crippen molar-refractivity contribution in [3.8, 4) is 0 Å². The predicted molar refractivity (Wildman–Crippen MR) is 75.1 cm³/mol. The van der Waals surface area contributed by atoms with Gasteiger partial charge in [-0.15, -0.1) is 0 Å². The molecule has 0 atom stereocenters. The molecule has 2 rings (SSSR count).